The molecule has 0 amide bonds. The van der Waals surface area contributed by atoms with Crippen LogP contribution in [0.3, 0.4) is 0 Å². The maximum absolute atomic E-state index is 13.8. The Labute approximate surface area is 132 Å². The number of hydrogen-bond donors (Lipinski definition) is 3. The highest BCUT2D eigenvalue weighted by molar-refractivity contribution is 6.67. The molecule has 0 fully saturated rings. The van der Waals surface area contributed by atoms with Gasteiger partial charge in [-0.1, -0.05) is 37.0 Å². The fourth-order valence-corrected chi connectivity index (χ4v) is 2.20. The van der Waals surface area contributed by atoms with Gasteiger partial charge in [-0.3, -0.25) is 5.41 Å². The van der Waals surface area contributed by atoms with Crippen LogP contribution in [0.5, 0.6) is 0 Å². The van der Waals surface area contributed by atoms with Crippen LogP contribution in [0.4, 0.5) is 4.39 Å². The van der Waals surface area contributed by atoms with Gasteiger partial charge in [0.1, 0.15) is 11.0 Å². The van der Waals surface area contributed by atoms with Crippen molar-refractivity contribution in [3.8, 4) is 0 Å². The van der Waals surface area contributed by atoms with Gasteiger partial charge < -0.3 is 10.4 Å². The molecule has 6 heteroatoms. The molecule has 0 atom stereocenters. The van der Waals surface area contributed by atoms with Crippen LogP contribution in [0.25, 0.3) is 10.9 Å². The molecule has 0 aliphatic carbocycles. The summed E-state index contributed by atoms with van der Waals surface area (Å²) in [5, 5.41) is 15.7. The third-order valence-corrected chi connectivity index (χ3v) is 3.02. The SMILES string of the molecule is CC.Cc1[nH]c2c(F)cc(Cl)cc2c1C(=N)/C=C\C(=N)Cl. The van der Waals surface area contributed by atoms with Crippen LogP contribution in [-0.2, 0) is 0 Å². The van der Waals surface area contributed by atoms with Crippen molar-refractivity contribution in [2.75, 3.05) is 0 Å². The van der Waals surface area contributed by atoms with Gasteiger partial charge in [-0.25, -0.2) is 4.39 Å². The first kappa shape index (κ1) is 17.4. The van der Waals surface area contributed by atoms with E-state index in [-0.39, 0.29) is 15.9 Å². The average Bonchev–Trinajstić information content (AvgIpc) is 2.75. The normalized spacial score (nSPS) is 10.6. The van der Waals surface area contributed by atoms with E-state index in [1.165, 1.54) is 18.2 Å². The molecule has 112 valence electrons. The molecule has 0 spiro atoms. The minimum atomic E-state index is -0.460. The predicted molar refractivity (Wildman–Crippen MR) is 88.9 cm³/mol. The lowest BCUT2D eigenvalue weighted by atomic mass is 10.1. The molecule has 1 aromatic heterocycles. The van der Waals surface area contributed by atoms with Gasteiger partial charge >= 0.3 is 0 Å². The van der Waals surface area contributed by atoms with Crippen molar-refractivity contribution in [1.29, 1.82) is 10.8 Å². The number of aromatic nitrogens is 1. The van der Waals surface area contributed by atoms with Crippen molar-refractivity contribution in [1.82, 2.24) is 4.98 Å². The lowest BCUT2D eigenvalue weighted by molar-refractivity contribution is 0.637. The number of halogens is 3. The second-order valence-electron chi connectivity index (χ2n) is 4.03. The average molecular weight is 328 g/mol. The summed E-state index contributed by atoms with van der Waals surface area (Å²) in [5.74, 6) is -0.460. The Bertz CT molecular complexity index is 717. The van der Waals surface area contributed by atoms with E-state index >= 15 is 0 Å². The zero-order chi connectivity index (χ0) is 16.2. The van der Waals surface area contributed by atoms with Crippen LogP contribution in [0.1, 0.15) is 25.1 Å². The number of fused-ring (bicyclic) bond motifs is 1. The monoisotopic (exact) mass is 327 g/mol. The van der Waals surface area contributed by atoms with Gasteiger partial charge in [-0.2, -0.15) is 0 Å². The van der Waals surface area contributed by atoms with E-state index in [0.29, 0.717) is 22.2 Å². The summed E-state index contributed by atoms with van der Waals surface area (Å²) in [5.41, 5.74) is 1.66. The van der Waals surface area contributed by atoms with Crippen molar-refractivity contribution in [2.24, 2.45) is 0 Å². The number of aryl methyl sites for hydroxylation is 1. The number of allylic oxidation sites excluding steroid dienone is 2. The summed E-state index contributed by atoms with van der Waals surface area (Å²) < 4.78 is 13.8. The summed E-state index contributed by atoms with van der Waals surface area (Å²) in [4.78, 5) is 2.90. The van der Waals surface area contributed by atoms with Gasteiger partial charge in [0.2, 0.25) is 0 Å². The van der Waals surface area contributed by atoms with Crippen LogP contribution in [0.2, 0.25) is 5.02 Å². The number of H-pyrrole nitrogens is 1. The van der Waals surface area contributed by atoms with Crippen LogP contribution in [0.15, 0.2) is 24.3 Å². The maximum atomic E-state index is 13.8. The third kappa shape index (κ3) is 3.93. The molecular formula is C15H16Cl2FN3. The molecule has 0 radical (unpaired) electrons. The van der Waals surface area contributed by atoms with E-state index in [1.807, 2.05) is 13.8 Å². The van der Waals surface area contributed by atoms with Crippen molar-refractivity contribution in [3.63, 3.8) is 0 Å². The summed E-state index contributed by atoms with van der Waals surface area (Å²) in [6.07, 6.45) is 2.69. The summed E-state index contributed by atoms with van der Waals surface area (Å²) in [6.45, 7) is 5.75. The molecule has 21 heavy (non-hydrogen) atoms. The molecule has 0 aliphatic heterocycles. The number of benzene rings is 1. The Hall–Kier alpha value is -1.65. The number of hydrogen-bond acceptors (Lipinski definition) is 2. The molecule has 0 saturated carbocycles. The summed E-state index contributed by atoms with van der Waals surface area (Å²) in [6, 6.07) is 2.82. The Balaban J connectivity index is 0.00000106. The highest BCUT2D eigenvalue weighted by Crippen LogP contribution is 2.28. The highest BCUT2D eigenvalue weighted by atomic mass is 35.5. The van der Waals surface area contributed by atoms with Gasteiger partial charge in [0.05, 0.1) is 11.2 Å². The topological polar surface area (TPSA) is 63.5 Å². The fourth-order valence-electron chi connectivity index (χ4n) is 1.94. The van der Waals surface area contributed by atoms with Crippen LogP contribution >= 0.6 is 23.2 Å². The lowest BCUT2D eigenvalue weighted by Crippen LogP contribution is -1.96. The Kier molecular flexibility index (Phi) is 6.12. The second-order valence-corrected chi connectivity index (χ2v) is 4.87. The van der Waals surface area contributed by atoms with E-state index in [2.05, 4.69) is 4.98 Å². The molecule has 3 nitrogen and oxygen atoms in total. The van der Waals surface area contributed by atoms with Gasteiger partial charge in [0.25, 0.3) is 0 Å². The molecule has 2 rings (SSSR count). The first-order valence-corrected chi connectivity index (χ1v) is 7.14. The largest absolute Gasteiger partial charge is 0.356 e. The summed E-state index contributed by atoms with van der Waals surface area (Å²) >= 11 is 11.2. The Morgan fingerprint density at radius 2 is 1.86 bits per heavy atom. The second kappa shape index (κ2) is 7.38. The van der Waals surface area contributed by atoms with Gasteiger partial charge in [-0.05, 0) is 31.2 Å². The molecule has 1 heterocycles. The van der Waals surface area contributed by atoms with Gasteiger partial charge in [-0.15, -0.1) is 0 Å². The van der Waals surface area contributed by atoms with E-state index in [0.717, 1.165) is 0 Å². The smallest absolute Gasteiger partial charge is 0.148 e. The maximum Gasteiger partial charge on any atom is 0.148 e. The van der Waals surface area contributed by atoms with Crippen LogP contribution in [-0.4, -0.2) is 15.9 Å². The minimum absolute atomic E-state index is 0.135. The molecule has 2 aromatic rings. The third-order valence-electron chi connectivity index (χ3n) is 2.68. The highest BCUT2D eigenvalue weighted by Gasteiger charge is 2.15. The fraction of sp³-hybridized carbons (Fsp3) is 0.200. The molecule has 0 unspecified atom stereocenters. The van der Waals surface area contributed by atoms with Crippen molar-refractivity contribution < 1.29 is 4.39 Å². The number of aromatic amines is 1. The predicted octanol–water partition coefficient (Wildman–Crippen LogP) is 5.44. The van der Waals surface area contributed by atoms with Gasteiger partial charge in [0, 0.05) is 21.7 Å². The molecule has 1 aromatic carbocycles. The van der Waals surface area contributed by atoms with Crippen LogP contribution < -0.4 is 0 Å². The first-order valence-electron chi connectivity index (χ1n) is 6.38. The number of nitrogens with one attached hydrogen (secondary N) is 3. The van der Waals surface area contributed by atoms with Gasteiger partial charge in [0.15, 0.2) is 0 Å². The van der Waals surface area contributed by atoms with E-state index < -0.39 is 5.82 Å². The Morgan fingerprint density at radius 3 is 2.43 bits per heavy atom. The van der Waals surface area contributed by atoms with Crippen molar-refractivity contribution in [3.05, 3.63) is 46.4 Å². The quantitative estimate of drug-likeness (QED) is 0.629. The zero-order valence-electron chi connectivity index (χ0n) is 11.9. The first-order chi connectivity index (χ1) is 9.90. The molecular weight excluding hydrogens is 312 g/mol. The molecule has 0 bridgehead atoms. The van der Waals surface area contributed by atoms with Crippen LogP contribution in [0, 0.1) is 23.6 Å². The minimum Gasteiger partial charge on any atom is -0.356 e. The zero-order valence-corrected chi connectivity index (χ0v) is 13.5. The van der Waals surface area contributed by atoms with E-state index in [4.69, 9.17) is 34.0 Å². The standard InChI is InChI=1S/C13H10Cl2FN3.C2H6/c1-6-12(10(17)2-3-11(15)18)8-4-7(14)5-9(16)13(8)19-6;1-2/h2-5,17-19H,1H3;1-2H3/b3-2-,17-10?,18-11?;. The lowest BCUT2D eigenvalue weighted by Gasteiger charge is -2.00. The number of rotatable bonds is 3. The molecule has 3 N–H and O–H groups in total. The van der Waals surface area contributed by atoms with E-state index in [9.17, 15) is 4.39 Å². The van der Waals surface area contributed by atoms with E-state index in [1.54, 1.807) is 13.0 Å². The Morgan fingerprint density at radius 1 is 1.24 bits per heavy atom. The summed E-state index contributed by atoms with van der Waals surface area (Å²) in [7, 11) is 0. The molecule has 0 aliphatic rings. The molecule has 0 saturated heterocycles. The van der Waals surface area contributed by atoms with Crippen molar-refractivity contribution in [2.45, 2.75) is 20.8 Å². The van der Waals surface area contributed by atoms with Crippen molar-refractivity contribution >= 4 is 45.0 Å².